The van der Waals surface area contributed by atoms with Crippen LogP contribution in [0.15, 0.2) is 18.2 Å². The number of carbonyl (C=O) groups excluding carboxylic acids is 1. The van der Waals surface area contributed by atoms with Gasteiger partial charge >= 0.3 is 18.2 Å². The van der Waals surface area contributed by atoms with Crippen molar-refractivity contribution in [3.63, 3.8) is 0 Å². The van der Waals surface area contributed by atoms with Crippen molar-refractivity contribution in [3.05, 3.63) is 23.8 Å². The van der Waals surface area contributed by atoms with Crippen LogP contribution in [0.2, 0.25) is 0 Å². The van der Waals surface area contributed by atoms with Crippen molar-refractivity contribution >= 4 is 12.0 Å². The molecule has 0 radical (unpaired) electrons. The third-order valence-corrected chi connectivity index (χ3v) is 3.38. The first-order valence-corrected chi connectivity index (χ1v) is 7.61. The molecule has 1 aromatic rings. The molecule has 0 bridgehead atoms. The molecule has 10 heteroatoms. The fourth-order valence-electron chi connectivity index (χ4n) is 1.99. The first kappa shape index (κ1) is 21.4. The second kappa shape index (κ2) is 9.16. The third-order valence-electron chi connectivity index (χ3n) is 3.38. The van der Waals surface area contributed by atoms with E-state index in [-0.39, 0.29) is 24.6 Å². The second-order valence-corrected chi connectivity index (χ2v) is 5.67. The molecular formula is C16H21F3N2O5. The Labute approximate surface area is 148 Å². The summed E-state index contributed by atoms with van der Waals surface area (Å²) in [4.78, 5) is 24.0. The quantitative estimate of drug-likeness (QED) is 0.726. The Bertz CT molecular complexity index is 637. The summed E-state index contributed by atoms with van der Waals surface area (Å²) >= 11 is 0. The number of carbonyl (C=O) groups is 2. The van der Waals surface area contributed by atoms with Gasteiger partial charge in [0, 0.05) is 20.1 Å². The van der Waals surface area contributed by atoms with Crippen LogP contribution in [0.25, 0.3) is 0 Å². The Morgan fingerprint density at radius 1 is 1.31 bits per heavy atom. The zero-order valence-electron chi connectivity index (χ0n) is 14.6. The summed E-state index contributed by atoms with van der Waals surface area (Å²) in [5.41, 5.74) is 0.578. The Hall–Kier alpha value is -2.65. The molecule has 26 heavy (non-hydrogen) atoms. The largest absolute Gasteiger partial charge is 0.493 e. The van der Waals surface area contributed by atoms with Crippen LogP contribution in [0.1, 0.15) is 12.5 Å². The van der Waals surface area contributed by atoms with Gasteiger partial charge < -0.3 is 24.8 Å². The van der Waals surface area contributed by atoms with Gasteiger partial charge in [-0.15, -0.1) is 0 Å². The normalized spacial score (nSPS) is 12.2. The number of hydrogen-bond donors (Lipinski definition) is 2. The number of aliphatic carboxylic acids is 1. The molecule has 1 atom stereocenters. The molecule has 146 valence electrons. The van der Waals surface area contributed by atoms with Crippen molar-refractivity contribution in [2.24, 2.45) is 5.92 Å². The summed E-state index contributed by atoms with van der Waals surface area (Å²) in [6.07, 6.45) is -4.46. The molecule has 1 aromatic carbocycles. The Kier molecular flexibility index (Phi) is 7.54. The average Bonchev–Trinajstić information content (AvgIpc) is 2.56. The van der Waals surface area contributed by atoms with Gasteiger partial charge in [0.2, 0.25) is 0 Å². The molecule has 0 aliphatic carbocycles. The number of benzene rings is 1. The molecule has 0 saturated heterocycles. The topological polar surface area (TPSA) is 88.1 Å². The van der Waals surface area contributed by atoms with Crippen LogP contribution >= 0.6 is 0 Å². The summed E-state index contributed by atoms with van der Waals surface area (Å²) in [5.74, 6) is -1.68. The standard InChI is InChI=1S/C16H21F3N2O5/c1-10(14(22)23)8-21(2)15(24)20-7-11-4-5-12(13(6-11)25-3)26-9-16(17,18)19/h4-6,10H,7-9H2,1-3H3,(H,20,24)(H,22,23). The number of urea groups is 1. The maximum absolute atomic E-state index is 12.2. The van der Waals surface area contributed by atoms with Crippen molar-refractivity contribution < 1.29 is 37.3 Å². The molecule has 2 N–H and O–H groups in total. The van der Waals surface area contributed by atoms with E-state index in [4.69, 9.17) is 9.84 Å². The summed E-state index contributed by atoms with van der Waals surface area (Å²) in [5, 5.41) is 11.4. The van der Waals surface area contributed by atoms with Crippen molar-refractivity contribution in [1.82, 2.24) is 10.2 Å². The Balaban J connectivity index is 2.64. The third kappa shape index (κ3) is 7.08. The van der Waals surface area contributed by atoms with Gasteiger partial charge in [0.25, 0.3) is 0 Å². The first-order chi connectivity index (χ1) is 12.0. The van der Waals surface area contributed by atoms with E-state index in [2.05, 4.69) is 10.1 Å². The van der Waals surface area contributed by atoms with Crippen molar-refractivity contribution in [3.8, 4) is 11.5 Å². The minimum Gasteiger partial charge on any atom is -0.493 e. The average molecular weight is 378 g/mol. The molecule has 7 nitrogen and oxygen atoms in total. The van der Waals surface area contributed by atoms with E-state index >= 15 is 0 Å². The number of halogens is 3. The van der Waals surface area contributed by atoms with Gasteiger partial charge in [-0.1, -0.05) is 13.0 Å². The van der Waals surface area contributed by atoms with Crippen molar-refractivity contribution in [2.45, 2.75) is 19.6 Å². The maximum Gasteiger partial charge on any atom is 0.422 e. The van der Waals surface area contributed by atoms with Crippen LogP contribution in [-0.2, 0) is 11.3 Å². The molecular weight excluding hydrogens is 357 g/mol. The number of ether oxygens (including phenoxy) is 2. The highest BCUT2D eigenvalue weighted by atomic mass is 19.4. The van der Waals surface area contributed by atoms with Gasteiger partial charge in [0.15, 0.2) is 18.1 Å². The summed E-state index contributed by atoms with van der Waals surface area (Å²) in [6.45, 7) is 0.165. The number of methoxy groups -OCH3 is 1. The molecule has 0 heterocycles. The predicted molar refractivity (Wildman–Crippen MR) is 86.2 cm³/mol. The van der Waals surface area contributed by atoms with Gasteiger partial charge in [-0.2, -0.15) is 13.2 Å². The number of carboxylic acids is 1. The van der Waals surface area contributed by atoms with Crippen LogP contribution in [-0.4, -0.2) is 55.5 Å². The molecule has 1 rings (SSSR count). The van der Waals surface area contributed by atoms with Gasteiger partial charge in [-0.05, 0) is 17.7 Å². The lowest BCUT2D eigenvalue weighted by Crippen LogP contribution is -2.40. The number of rotatable bonds is 8. The van der Waals surface area contributed by atoms with Crippen molar-refractivity contribution in [2.75, 3.05) is 27.3 Å². The number of nitrogens with one attached hydrogen (secondary N) is 1. The lowest BCUT2D eigenvalue weighted by Gasteiger charge is -2.20. The SMILES string of the molecule is COc1cc(CNC(=O)N(C)CC(C)C(=O)O)ccc1OCC(F)(F)F. The number of carboxylic acid groups (broad SMARTS) is 1. The van der Waals surface area contributed by atoms with Crippen LogP contribution in [0.3, 0.4) is 0 Å². The van der Waals surface area contributed by atoms with Gasteiger partial charge in [0.1, 0.15) is 0 Å². The second-order valence-electron chi connectivity index (χ2n) is 5.67. The van der Waals surface area contributed by atoms with E-state index < -0.39 is 30.7 Å². The minimum atomic E-state index is -4.46. The van der Waals surface area contributed by atoms with Crippen LogP contribution in [0, 0.1) is 5.92 Å². The number of alkyl halides is 3. The number of amides is 2. The zero-order valence-corrected chi connectivity index (χ0v) is 14.6. The fourth-order valence-corrected chi connectivity index (χ4v) is 1.99. The van der Waals surface area contributed by atoms with E-state index in [0.29, 0.717) is 5.56 Å². The van der Waals surface area contributed by atoms with Crippen LogP contribution in [0.4, 0.5) is 18.0 Å². The van der Waals surface area contributed by atoms with E-state index in [1.807, 2.05) is 0 Å². The molecule has 0 aliphatic rings. The molecule has 1 unspecified atom stereocenters. The molecule has 0 saturated carbocycles. The maximum atomic E-state index is 12.2. The first-order valence-electron chi connectivity index (χ1n) is 7.61. The Morgan fingerprint density at radius 2 is 1.96 bits per heavy atom. The molecule has 0 fully saturated rings. The molecule has 0 spiro atoms. The van der Waals surface area contributed by atoms with Gasteiger partial charge in [-0.25, -0.2) is 4.79 Å². The highest BCUT2D eigenvalue weighted by Gasteiger charge is 2.29. The van der Waals surface area contributed by atoms with Gasteiger partial charge in [-0.3, -0.25) is 4.79 Å². The van der Waals surface area contributed by atoms with Crippen molar-refractivity contribution in [1.29, 1.82) is 0 Å². The molecule has 2 amide bonds. The summed E-state index contributed by atoms with van der Waals surface area (Å²) < 4.78 is 46.4. The number of hydrogen-bond acceptors (Lipinski definition) is 4. The monoisotopic (exact) mass is 378 g/mol. The number of nitrogens with zero attached hydrogens (tertiary/aromatic N) is 1. The highest BCUT2D eigenvalue weighted by molar-refractivity contribution is 5.75. The minimum absolute atomic E-state index is 0.0364. The lowest BCUT2D eigenvalue weighted by molar-refractivity contribution is -0.153. The molecule has 0 aromatic heterocycles. The lowest BCUT2D eigenvalue weighted by atomic mass is 10.2. The van der Waals surface area contributed by atoms with Crippen LogP contribution < -0.4 is 14.8 Å². The summed E-state index contributed by atoms with van der Waals surface area (Å²) in [7, 11) is 2.75. The van der Waals surface area contributed by atoms with E-state index in [1.54, 1.807) is 0 Å². The van der Waals surface area contributed by atoms with E-state index in [1.165, 1.54) is 44.2 Å². The Morgan fingerprint density at radius 3 is 2.50 bits per heavy atom. The smallest absolute Gasteiger partial charge is 0.422 e. The van der Waals surface area contributed by atoms with Gasteiger partial charge in [0.05, 0.1) is 13.0 Å². The van der Waals surface area contributed by atoms with E-state index in [0.717, 1.165) is 0 Å². The van der Waals surface area contributed by atoms with E-state index in [9.17, 15) is 22.8 Å². The summed E-state index contributed by atoms with van der Waals surface area (Å²) in [6, 6.07) is 3.79. The zero-order chi connectivity index (χ0) is 19.9. The fraction of sp³-hybridized carbons (Fsp3) is 0.500. The highest BCUT2D eigenvalue weighted by Crippen LogP contribution is 2.29. The molecule has 0 aliphatic heterocycles. The predicted octanol–water partition coefficient (Wildman–Crippen LogP) is 2.50. The van der Waals surface area contributed by atoms with Crippen LogP contribution in [0.5, 0.6) is 11.5 Å².